The average Bonchev–Trinajstić information content (AvgIpc) is 0.760. The summed E-state index contributed by atoms with van der Waals surface area (Å²) in [6.07, 6.45) is -95.2. The molecule has 50 atom stereocenters. The number of aliphatic hydroxyl groups is 27. The second kappa shape index (κ2) is 43.6. The van der Waals surface area contributed by atoms with Crippen molar-refractivity contribution >= 4 is 23.6 Å². The van der Waals surface area contributed by atoms with E-state index in [0.717, 1.165) is 27.7 Å². The van der Waals surface area contributed by atoms with E-state index in [1.165, 1.54) is 6.92 Å². The summed E-state index contributed by atoms with van der Waals surface area (Å²) in [5, 5.41) is 310. The third kappa shape index (κ3) is 22.0. The van der Waals surface area contributed by atoms with Crippen LogP contribution in [0.5, 0.6) is 0 Å². The number of carbonyl (C=O) groups is 4. The van der Waals surface area contributed by atoms with Gasteiger partial charge in [0.25, 0.3) is 0 Å². The molecule has 0 aromatic carbocycles. The van der Waals surface area contributed by atoms with Gasteiger partial charge in [0.1, 0.15) is 238 Å². The minimum atomic E-state index is -2.63. The van der Waals surface area contributed by atoms with Crippen LogP contribution >= 0.6 is 0 Å². The first-order valence-corrected chi connectivity index (χ1v) is 39.0. The van der Waals surface area contributed by atoms with E-state index < -0.39 is 390 Å². The molecule has 0 aromatic heterocycles. The second-order valence-corrected chi connectivity index (χ2v) is 31.0. The molecule has 10 aliphatic rings. The van der Waals surface area contributed by atoms with Crippen molar-refractivity contribution in [3.63, 3.8) is 0 Å². The molecule has 54 nitrogen and oxygen atoms in total. The summed E-state index contributed by atoms with van der Waals surface area (Å²) in [7, 11) is 0. The highest BCUT2D eigenvalue weighted by Crippen LogP contribution is 2.41. The van der Waals surface area contributed by atoms with E-state index in [1.807, 2.05) is 0 Å². The molecule has 10 saturated heterocycles. The van der Waals surface area contributed by atoms with Crippen molar-refractivity contribution in [2.24, 2.45) is 0 Å². The van der Waals surface area contributed by atoms with Gasteiger partial charge in [-0.1, -0.05) is 0 Å². The number of hydrogen-bond acceptors (Lipinski definition) is 50. The molecule has 0 radical (unpaired) electrons. The molecule has 122 heavy (non-hydrogen) atoms. The van der Waals surface area contributed by atoms with Crippen molar-refractivity contribution in [1.82, 2.24) is 21.3 Å². The van der Waals surface area contributed by atoms with Gasteiger partial charge in [-0.05, 0) is 6.92 Å². The van der Waals surface area contributed by atoms with Gasteiger partial charge in [0, 0.05) is 27.7 Å². The van der Waals surface area contributed by atoms with Crippen molar-refractivity contribution in [3.05, 3.63) is 0 Å². The van der Waals surface area contributed by atoms with Crippen molar-refractivity contribution in [2.75, 3.05) is 59.5 Å². The summed E-state index contributed by atoms with van der Waals surface area (Å²) in [5.41, 5.74) is 0. The molecule has 0 saturated carbocycles. The summed E-state index contributed by atoms with van der Waals surface area (Å²) in [6.45, 7) is -4.83. The number of nitrogens with one attached hydrogen (secondary N) is 4. The van der Waals surface area contributed by atoms with Gasteiger partial charge in [-0.25, -0.2) is 0 Å². The molecule has 0 aromatic rings. The van der Waals surface area contributed by atoms with E-state index in [1.54, 1.807) is 0 Å². The smallest absolute Gasteiger partial charge is 0.217 e. The van der Waals surface area contributed by atoms with Gasteiger partial charge in [0.15, 0.2) is 62.9 Å². The van der Waals surface area contributed by atoms with E-state index in [9.17, 15) is 157 Å². The zero-order valence-electron chi connectivity index (χ0n) is 65.7. The zero-order chi connectivity index (χ0) is 89.8. The van der Waals surface area contributed by atoms with Crippen LogP contribution in [0.15, 0.2) is 0 Å². The lowest BCUT2D eigenvalue weighted by Gasteiger charge is -2.51. The molecule has 10 rings (SSSR count). The number of aliphatic hydroxyl groups excluding tert-OH is 27. The topological polar surface area (TPSA) is 838 Å². The quantitative estimate of drug-likeness (QED) is 0.0306. The van der Waals surface area contributed by atoms with Crippen LogP contribution in [-0.2, 0) is 109 Å². The second-order valence-electron chi connectivity index (χ2n) is 31.0. The van der Waals surface area contributed by atoms with Gasteiger partial charge >= 0.3 is 0 Å². The molecule has 54 heteroatoms. The average molecular weight is 1790 g/mol. The third-order valence-corrected chi connectivity index (χ3v) is 22.4. The first-order valence-electron chi connectivity index (χ1n) is 39.0. The Hall–Kier alpha value is -3.96. The van der Waals surface area contributed by atoms with Crippen molar-refractivity contribution in [2.45, 2.75) is 341 Å². The van der Waals surface area contributed by atoms with Crippen LogP contribution in [0, 0.1) is 0 Å². The fourth-order valence-electron chi connectivity index (χ4n) is 15.8. The molecule has 4 amide bonds. The van der Waals surface area contributed by atoms with Crippen LogP contribution in [0.25, 0.3) is 0 Å². The summed E-state index contributed by atoms with van der Waals surface area (Å²) in [5.74, 6) is -3.76. The van der Waals surface area contributed by atoms with E-state index >= 15 is 0 Å². The summed E-state index contributed by atoms with van der Waals surface area (Å²) in [4.78, 5) is 51.6. The molecular weight excluding hydrogens is 1670 g/mol. The first-order chi connectivity index (χ1) is 57.7. The Labute approximate surface area is 691 Å². The Balaban J connectivity index is 0.983. The molecule has 31 N–H and O–H groups in total. The Kier molecular flexibility index (Phi) is 35.8. The molecule has 10 aliphatic heterocycles. The van der Waals surface area contributed by atoms with E-state index in [4.69, 9.17) is 90.0 Å². The van der Waals surface area contributed by atoms with Gasteiger partial charge in [0.2, 0.25) is 23.6 Å². The predicted octanol–water partition coefficient (Wildman–Crippen LogP) is -21.2. The fraction of sp³-hybridized carbons (Fsp3) is 0.941. The van der Waals surface area contributed by atoms with E-state index in [0.29, 0.717) is 0 Å². The SMILES string of the molecule is CC(=O)N[C@H]1[C@H](O[C@H]2[C@H](O)[C@@H](NC(C)=O)C(O)O[C@@H]2COC2O[C@@H](C)[C@@H](O)[C@@H](O)[C@@H]2O)O[C@H](CO)[C@@H](O[C@@H]2O[C@H](CO[C@H]3O[C@H](CO)[C@@H](O)[C@H](O)[C@@H]3OC3O[C@H](CO)[C@@H](OC4O[C@H](CO)[C@H](O)[C@H](O)[C@H]4O)[C@H](O)[C@H]3NC(C)=O)[C@@H](O)[C@H](O[C@H]3O[C@H](CO)[C@@H](O)[C@H](O)[C@@H]3OC3O[C@H](CO)[C@@H](OC4O[C@H](CO)[C@H](O)[C@H](O)[C@H]4O)[C@H](O)[C@@H]3NC(C)=O)[C@@H]2O)[C@@H]1O. The van der Waals surface area contributed by atoms with Crippen LogP contribution in [0.4, 0.5) is 0 Å². The predicted molar refractivity (Wildman–Crippen MR) is 375 cm³/mol. The van der Waals surface area contributed by atoms with Gasteiger partial charge in [-0.15, -0.1) is 0 Å². The number of hydrogen-bond donors (Lipinski definition) is 31. The molecule has 10 heterocycles. The number of carbonyl (C=O) groups excluding carboxylic acids is 4. The lowest BCUT2D eigenvalue weighted by atomic mass is 9.93. The number of rotatable bonds is 31. The van der Waals surface area contributed by atoms with E-state index in [2.05, 4.69) is 21.3 Å². The molecule has 10 fully saturated rings. The molecular formula is C68H114N4O50. The molecule has 706 valence electrons. The maximum absolute atomic E-state index is 13.3. The molecule has 0 aliphatic carbocycles. The maximum Gasteiger partial charge on any atom is 0.217 e. The molecule has 0 bridgehead atoms. The Morgan fingerprint density at radius 1 is 0.230 bits per heavy atom. The molecule has 6 unspecified atom stereocenters. The highest BCUT2D eigenvalue weighted by molar-refractivity contribution is 5.74. The summed E-state index contributed by atoms with van der Waals surface area (Å²) < 4.78 is 113. The molecule has 0 spiro atoms. The van der Waals surface area contributed by atoms with Crippen LogP contribution in [-0.4, -0.2) is 528 Å². The summed E-state index contributed by atoms with van der Waals surface area (Å²) in [6, 6.07) is -7.69. The van der Waals surface area contributed by atoms with Crippen molar-refractivity contribution < 1.29 is 247 Å². The zero-order valence-corrected chi connectivity index (χ0v) is 65.7. The summed E-state index contributed by atoms with van der Waals surface area (Å²) >= 11 is 0. The van der Waals surface area contributed by atoms with Gasteiger partial charge in [-0.2, -0.15) is 0 Å². The maximum atomic E-state index is 13.3. The minimum absolute atomic E-state index is 0.846. The number of amides is 4. The van der Waals surface area contributed by atoms with Gasteiger partial charge in [-0.3, -0.25) is 19.2 Å². The van der Waals surface area contributed by atoms with Crippen molar-refractivity contribution in [3.8, 4) is 0 Å². The highest BCUT2D eigenvalue weighted by Gasteiger charge is 2.62. The van der Waals surface area contributed by atoms with Crippen molar-refractivity contribution in [1.29, 1.82) is 0 Å². The lowest BCUT2D eigenvalue weighted by Crippen LogP contribution is -2.71. The lowest BCUT2D eigenvalue weighted by molar-refractivity contribution is -0.399. The Morgan fingerprint density at radius 2 is 0.500 bits per heavy atom. The minimum Gasteiger partial charge on any atom is -0.394 e. The highest BCUT2D eigenvalue weighted by atomic mass is 16.8. The monoisotopic (exact) mass is 1790 g/mol. The van der Waals surface area contributed by atoms with Gasteiger partial charge < -0.3 is 249 Å². The first kappa shape index (κ1) is 100. The van der Waals surface area contributed by atoms with Crippen LogP contribution in [0.2, 0.25) is 0 Å². The standard InChI is InChI=1S/C68H114N4O50/c1-15-33(84)43(94)48(99)63(106-15)104-14-28-55(39(90)29(59(103)107-28)69-16(2)80)116-60-30(70-17(3)81)40(91)54(26(12-79)112-60)119-66-51(102)56(120-68-58(47(98)37(88)23(9-76)111-68)122-62-32(72-19(5)83)42(93)53(25(11-78)114-62)118-65-50(101)45(96)35(86)21(7-74)109-65)38(89)27(115-66)13-105-67-57(46(97)36(87)22(8-75)110-67)121-61-31(71-18(4)82)41(92)52(24(10-77)113-61)117-64-49(100)44(95)34(85)20(6-73)108-64/h15,20-68,73-79,84-103H,6-14H2,1-5H3,(H,69,80)(H,70,81)(H,71,82)(H,72,83)/t15-,20+,21+,22+,23+,24+,25+,26+,27+,28+,29+,30+,31+,32-,33+,34-,35-,36+,37+,38+,39+,40+,41+,42+,43+,44-,45-,46-,47-,48-,49+,50+,51-,52+,53+,54+,55+,56-,57-,58-,59?,60-,61?,62?,63?,64?,65?,66-,67-,68+/m0/s1. The van der Waals surface area contributed by atoms with Crippen LogP contribution in [0.3, 0.4) is 0 Å². The normalized spacial score (nSPS) is 49.7. The Morgan fingerprint density at radius 3 is 0.893 bits per heavy atom. The van der Waals surface area contributed by atoms with Crippen LogP contribution in [0.1, 0.15) is 34.6 Å². The fourth-order valence-corrected chi connectivity index (χ4v) is 15.8. The van der Waals surface area contributed by atoms with E-state index in [-0.39, 0.29) is 0 Å². The number of ether oxygens (including phenoxy) is 19. The van der Waals surface area contributed by atoms with Gasteiger partial charge in [0.05, 0.1) is 65.6 Å². The Bertz CT molecular complexity index is 3290. The third-order valence-electron chi connectivity index (χ3n) is 22.4. The largest absolute Gasteiger partial charge is 0.394 e. The van der Waals surface area contributed by atoms with Crippen LogP contribution < -0.4 is 21.3 Å².